The molecule has 2 aromatic heterocycles. The molecule has 0 N–H and O–H groups in total. The van der Waals surface area contributed by atoms with Crippen molar-refractivity contribution in [3.8, 4) is 23.8 Å². The molecule has 0 saturated carbocycles. The van der Waals surface area contributed by atoms with Gasteiger partial charge in [-0.15, -0.1) is 0 Å². The SMILES string of the molecule is FC(F)(F)C(F)(F)C(F)(F)C(F)(F)CCOc1cc(C(c2ccccc2)c2cc(OCCC(F)(F)C(F)(F)C(F)(F)C(F)(F)F)nc(OCCC(F)(F)C(F)(F)C(F)(F)C(F)(F)F)n2)nc(OCCC(F)(F)C(F)(F)C(F)(F)C(F)(F)F)n1. The van der Waals surface area contributed by atoms with Gasteiger partial charge in [-0.25, -0.2) is 0 Å². The highest BCUT2D eigenvalue weighted by molar-refractivity contribution is 5.41. The lowest BCUT2D eigenvalue weighted by Crippen LogP contribution is -2.61. The molecule has 0 bridgehead atoms. The molecule has 0 saturated heterocycles. The fourth-order valence-corrected chi connectivity index (χ4v) is 5.92. The predicted octanol–water partition coefficient (Wildman–Crippen LogP) is 15.4. The summed E-state index contributed by atoms with van der Waals surface area (Å²) in [4.78, 5) is 12.9. The first-order valence-electron chi connectivity index (χ1n) is 20.9. The van der Waals surface area contributed by atoms with Crippen molar-refractivity contribution in [2.24, 2.45) is 0 Å². The van der Waals surface area contributed by atoms with E-state index in [-0.39, 0.29) is 12.1 Å². The summed E-state index contributed by atoms with van der Waals surface area (Å²) in [7, 11) is 0. The predicted molar refractivity (Wildman–Crippen MR) is 195 cm³/mol. The second-order valence-electron chi connectivity index (χ2n) is 16.5. The number of ether oxygens (including phenoxy) is 4. The number of nitrogens with zero attached hydrogens (tertiary/aromatic N) is 4. The second-order valence-corrected chi connectivity index (χ2v) is 16.5. The molecular formula is C39H24F36N4O4. The van der Waals surface area contributed by atoms with Gasteiger partial charge in [-0.2, -0.15) is 178 Å². The Labute approximate surface area is 434 Å². The van der Waals surface area contributed by atoms with E-state index in [1.807, 2.05) is 0 Å². The molecule has 8 nitrogen and oxygen atoms in total. The normalized spacial score (nSPS) is 15.0. The van der Waals surface area contributed by atoms with Crippen LogP contribution in [0, 0.1) is 0 Å². The standard InChI is InChI=1S/C39H24F36N4O4/c40-24(41,28(48,49)32(56,57)36(64,65)66)6-10-80-19-14-17(76-22(78-19)82-12-8-26(44,45)30(52,53)34(60,61)38(70,71)72)21(16-4-2-1-3-5-16)18-15-20(81-11-7-25(42,43)29(50,51)33(58,59)37(67,68)69)79-23(77-18)83-13-9-27(46,47)31(54,55)35(62,63)39(73,74)75/h1-5,14-15,21H,6-13H2. The van der Waals surface area contributed by atoms with Crippen molar-refractivity contribution in [1.29, 1.82) is 0 Å². The van der Waals surface area contributed by atoms with Crippen molar-refractivity contribution in [2.75, 3.05) is 26.4 Å². The van der Waals surface area contributed by atoms with Crippen LogP contribution in [0.25, 0.3) is 0 Å². The maximum absolute atomic E-state index is 14.4. The van der Waals surface area contributed by atoms with Crippen molar-refractivity contribution < 1.29 is 177 Å². The molecule has 0 radical (unpaired) electrons. The van der Waals surface area contributed by atoms with E-state index >= 15 is 0 Å². The number of halogens is 36. The van der Waals surface area contributed by atoms with Crippen LogP contribution < -0.4 is 18.9 Å². The molecule has 0 atom stereocenters. The summed E-state index contributed by atoms with van der Waals surface area (Å²) in [6, 6.07) is 0.630. The maximum Gasteiger partial charge on any atom is 0.460 e. The highest BCUT2D eigenvalue weighted by Gasteiger charge is 2.84. The molecule has 0 unspecified atom stereocenters. The Kier molecular flexibility index (Phi) is 19.6. The fraction of sp³-hybridized carbons (Fsp3) is 0.641. The molecule has 2 heterocycles. The minimum absolute atomic E-state index is 0.0495. The summed E-state index contributed by atoms with van der Waals surface area (Å²) in [5.41, 5.74) is -3.29. The Bertz CT molecular complexity index is 2350. The first kappa shape index (κ1) is 71.3. The highest BCUT2D eigenvalue weighted by Crippen LogP contribution is 2.58. The number of alkyl halides is 36. The zero-order valence-electron chi connectivity index (χ0n) is 38.8. The van der Waals surface area contributed by atoms with Gasteiger partial charge in [-0.05, 0) is 5.56 Å². The number of aromatic nitrogens is 4. The third-order valence-electron chi connectivity index (χ3n) is 10.6. The quantitative estimate of drug-likeness (QED) is 0.0698. The summed E-state index contributed by atoms with van der Waals surface area (Å²) >= 11 is 0. The average Bonchev–Trinajstić information content (AvgIpc) is 3.46. The van der Waals surface area contributed by atoms with Crippen molar-refractivity contribution >= 4 is 0 Å². The molecule has 476 valence electrons. The van der Waals surface area contributed by atoms with Gasteiger partial charge in [0, 0.05) is 12.1 Å². The van der Waals surface area contributed by atoms with Gasteiger partial charge in [-0.3, -0.25) is 0 Å². The number of hydrogen-bond donors (Lipinski definition) is 0. The van der Waals surface area contributed by atoms with Crippen molar-refractivity contribution in [3.05, 3.63) is 59.4 Å². The van der Waals surface area contributed by atoms with Crippen LogP contribution >= 0.6 is 0 Å². The van der Waals surface area contributed by atoms with E-state index in [0.29, 0.717) is 0 Å². The third-order valence-corrected chi connectivity index (χ3v) is 10.6. The molecule has 0 aliphatic heterocycles. The van der Waals surface area contributed by atoms with Crippen molar-refractivity contribution in [3.63, 3.8) is 0 Å². The molecule has 83 heavy (non-hydrogen) atoms. The molecule has 0 amide bonds. The van der Waals surface area contributed by atoms with Gasteiger partial charge in [0.25, 0.3) is 0 Å². The molecule has 3 rings (SSSR count). The average molecular weight is 1300 g/mol. The van der Waals surface area contributed by atoms with Gasteiger partial charge >= 0.3 is 108 Å². The van der Waals surface area contributed by atoms with Crippen LogP contribution in [0.4, 0.5) is 158 Å². The smallest absolute Gasteiger partial charge is 0.460 e. The lowest BCUT2D eigenvalue weighted by atomic mass is 9.92. The Morgan fingerprint density at radius 3 is 0.747 bits per heavy atom. The number of hydrogen-bond acceptors (Lipinski definition) is 8. The molecule has 0 fully saturated rings. The van der Waals surface area contributed by atoms with E-state index in [9.17, 15) is 158 Å². The third kappa shape index (κ3) is 13.8. The molecule has 0 aliphatic carbocycles. The lowest BCUT2D eigenvalue weighted by molar-refractivity contribution is -0.397. The molecular weight excluding hydrogens is 1270 g/mol. The molecule has 0 spiro atoms. The largest absolute Gasteiger partial charge is 0.477 e. The zero-order valence-corrected chi connectivity index (χ0v) is 38.8. The van der Waals surface area contributed by atoms with Crippen molar-refractivity contribution in [2.45, 2.75) is 127 Å². The fourth-order valence-electron chi connectivity index (χ4n) is 5.92. The first-order chi connectivity index (χ1) is 36.8. The minimum Gasteiger partial charge on any atom is -0.477 e. The summed E-state index contributed by atoms with van der Waals surface area (Å²) in [6.45, 7) is -9.35. The van der Waals surface area contributed by atoms with Crippen molar-refractivity contribution in [1.82, 2.24) is 19.9 Å². The Hall–Kier alpha value is -5.94. The summed E-state index contributed by atoms with van der Waals surface area (Å²) in [6.07, 6.45) is -41.7. The van der Waals surface area contributed by atoms with E-state index in [1.54, 1.807) is 0 Å². The van der Waals surface area contributed by atoms with Gasteiger partial charge in [0.05, 0.1) is 69.4 Å². The Morgan fingerprint density at radius 1 is 0.289 bits per heavy atom. The van der Waals surface area contributed by atoms with Crippen LogP contribution in [0.15, 0.2) is 42.5 Å². The first-order valence-corrected chi connectivity index (χ1v) is 20.9. The summed E-state index contributed by atoms with van der Waals surface area (Å²) < 4.78 is 506. The molecule has 44 heteroatoms. The minimum atomic E-state index is -7.57. The second kappa shape index (κ2) is 22.8. The maximum atomic E-state index is 14.4. The zero-order chi connectivity index (χ0) is 64.9. The molecule has 0 aliphatic rings. The summed E-state index contributed by atoms with van der Waals surface area (Å²) in [5.74, 6) is -91.9. The topological polar surface area (TPSA) is 88.5 Å². The van der Waals surface area contributed by atoms with Gasteiger partial charge in [0.15, 0.2) is 0 Å². The van der Waals surface area contributed by atoms with Gasteiger partial charge in [-0.1, -0.05) is 30.3 Å². The van der Waals surface area contributed by atoms with Gasteiger partial charge < -0.3 is 18.9 Å². The number of benzene rings is 1. The lowest BCUT2D eigenvalue weighted by Gasteiger charge is -2.33. The van der Waals surface area contributed by atoms with Crippen LogP contribution in [0.2, 0.25) is 0 Å². The molecule has 1 aromatic carbocycles. The summed E-state index contributed by atoms with van der Waals surface area (Å²) in [5, 5.41) is 0. The van der Waals surface area contributed by atoms with E-state index in [1.165, 1.54) is 0 Å². The number of rotatable bonds is 27. The Morgan fingerprint density at radius 2 is 0.518 bits per heavy atom. The van der Waals surface area contributed by atoms with E-state index in [2.05, 4.69) is 38.9 Å². The highest BCUT2D eigenvalue weighted by atomic mass is 19.5. The monoisotopic (exact) mass is 1300 g/mol. The van der Waals surface area contributed by atoms with Crippen LogP contribution in [0.5, 0.6) is 23.8 Å². The van der Waals surface area contributed by atoms with Crippen LogP contribution in [0.3, 0.4) is 0 Å². The molecule has 3 aromatic rings. The van der Waals surface area contributed by atoms with E-state index in [4.69, 9.17) is 0 Å². The Balaban J connectivity index is 2.34. The van der Waals surface area contributed by atoms with E-state index in [0.717, 1.165) is 30.3 Å². The van der Waals surface area contributed by atoms with Crippen LogP contribution in [-0.2, 0) is 0 Å². The van der Waals surface area contributed by atoms with E-state index < -0.39 is 195 Å². The van der Waals surface area contributed by atoms with Crippen LogP contribution in [-0.4, -0.2) is 142 Å². The van der Waals surface area contributed by atoms with Gasteiger partial charge in [0.1, 0.15) is 0 Å². The van der Waals surface area contributed by atoms with Gasteiger partial charge in [0.2, 0.25) is 11.8 Å². The van der Waals surface area contributed by atoms with Crippen LogP contribution in [0.1, 0.15) is 48.6 Å².